The third kappa shape index (κ3) is 2.73. The smallest absolute Gasteiger partial charge is 0.0622 e. The molecule has 1 fully saturated rings. The first-order valence-corrected chi connectivity index (χ1v) is 5.38. The molecule has 1 unspecified atom stereocenters. The highest BCUT2D eigenvalue weighted by molar-refractivity contribution is 9.09. The van der Waals surface area contributed by atoms with Crippen molar-refractivity contribution in [3.63, 3.8) is 0 Å². The number of halogens is 1. The van der Waals surface area contributed by atoms with E-state index in [1.165, 1.54) is 6.42 Å². The van der Waals surface area contributed by atoms with Gasteiger partial charge in [-0.25, -0.2) is 0 Å². The van der Waals surface area contributed by atoms with E-state index < -0.39 is 0 Å². The Bertz CT molecular complexity index is 104. The van der Waals surface area contributed by atoms with Gasteiger partial charge in [-0.1, -0.05) is 22.9 Å². The van der Waals surface area contributed by atoms with Gasteiger partial charge in [-0.05, 0) is 13.0 Å². The van der Waals surface area contributed by atoms with Crippen molar-refractivity contribution in [2.75, 3.05) is 31.6 Å². The molecule has 1 aliphatic rings. The molecule has 0 spiro atoms. The molecule has 0 aromatic heterocycles. The number of alkyl halides is 1. The maximum Gasteiger partial charge on any atom is 0.0622 e. The van der Waals surface area contributed by atoms with Crippen LogP contribution in [-0.2, 0) is 4.74 Å². The molecule has 1 heterocycles. The summed E-state index contributed by atoms with van der Waals surface area (Å²) in [6, 6.07) is 0.678. The highest BCUT2D eigenvalue weighted by atomic mass is 79.9. The second-order valence-electron chi connectivity index (χ2n) is 2.83. The topological polar surface area (TPSA) is 12.5 Å². The molecule has 0 aliphatic carbocycles. The molecule has 11 heavy (non-hydrogen) atoms. The first kappa shape index (κ1) is 9.49. The van der Waals surface area contributed by atoms with Gasteiger partial charge in [0.2, 0.25) is 0 Å². The van der Waals surface area contributed by atoms with Gasteiger partial charge in [0.15, 0.2) is 0 Å². The lowest BCUT2D eigenvalue weighted by Gasteiger charge is -2.24. The van der Waals surface area contributed by atoms with E-state index in [4.69, 9.17) is 4.74 Å². The molecule has 1 rings (SSSR count). The van der Waals surface area contributed by atoms with E-state index in [0.717, 1.165) is 31.6 Å². The van der Waals surface area contributed by atoms with Crippen LogP contribution in [0.4, 0.5) is 0 Å². The Morgan fingerprint density at radius 1 is 1.64 bits per heavy atom. The van der Waals surface area contributed by atoms with Gasteiger partial charge in [-0.15, -0.1) is 0 Å². The van der Waals surface area contributed by atoms with Crippen LogP contribution in [0.15, 0.2) is 0 Å². The molecule has 0 radical (unpaired) electrons. The summed E-state index contributed by atoms with van der Waals surface area (Å²) < 4.78 is 5.33. The highest BCUT2D eigenvalue weighted by Gasteiger charge is 2.20. The van der Waals surface area contributed by atoms with Crippen LogP contribution in [0.1, 0.15) is 13.3 Å². The summed E-state index contributed by atoms with van der Waals surface area (Å²) in [7, 11) is 0. The summed E-state index contributed by atoms with van der Waals surface area (Å²) in [5, 5.41) is 1.07. The van der Waals surface area contributed by atoms with Gasteiger partial charge in [0.05, 0.1) is 6.61 Å². The van der Waals surface area contributed by atoms with Gasteiger partial charge in [0, 0.05) is 24.5 Å². The van der Waals surface area contributed by atoms with E-state index in [1.54, 1.807) is 0 Å². The van der Waals surface area contributed by atoms with E-state index >= 15 is 0 Å². The Balaban J connectivity index is 2.27. The molecule has 0 saturated carbocycles. The second kappa shape index (κ2) is 5.12. The minimum absolute atomic E-state index is 0.678. The van der Waals surface area contributed by atoms with Crippen molar-refractivity contribution in [3.8, 4) is 0 Å². The van der Waals surface area contributed by atoms with Crippen molar-refractivity contribution >= 4 is 15.9 Å². The molecule has 0 aromatic carbocycles. The molecular weight excluding hydrogens is 206 g/mol. The first-order valence-electron chi connectivity index (χ1n) is 4.26. The first-order chi connectivity index (χ1) is 5.38. The SMILES string of the molecule is CCN(CCBr)C1CCOC1. The molecule has 0 aromatic rings. The van der Waals surface area contributed by atoms with Crippen LogP contribution in [0.25, 0.3) is 0 Å². The van der Waals surface area contributed by atoms with Gasteiger partial charge >= 0.3 is 0 Å². The molecule has 0 amide bonds. The fourth-order valence-corrected chi connectivity index (χ4v) is 1.97. The Kier molecular flexibility index (Phi) is 4.41. The van der Waals surface area contributed by atoms with Crippen LogP contribution in [0.5, 0.6) is 0 Å². The zero-order valence-electron chi connectivity index (χ0n) is 7.05. The van der Waals surface area contributed by atoms with E-state index in [0.29, 0.717) is 6.04 Å². The zero-order chi connectivity index (χ0) is 8.10. The molecule has 3 heteroatoms. The molecule has 0 bridgehead atoms. The largest absolute Gasteiger partial charge is 0.380 e. The van der Waals surface area contributed by atoms with Crippen LogP contribution >= 0.6 is 15.9 Å². The van der Waals surface area contributed by atoms with Crippen molar-refractivity contribution in [1.29, 1.82) is 0 Å². The quantitative estimate of drug-likeness (QED) is 0.668. The lowest BCUT2D eigenvalue weighted by atomic mass is 10.2. The molecule has 1 aliphatic heterocycles. The number of ether oxygens (including phenoxy) is 1. The van der Waals surface area contributed by atoms with Gasteiger partial charge in [0.25, 0.3) is 0 Å². The summed E-state index contributed by atoms with van der Waals surface area (Å²) in [4.78, 5) is 2.47. The summed E-state index contributed by atoms with van der Waals surface area (Å²) >= 11 is 3.46. The van der Waals surface area contributed by atoms with Crippen LogP contribution in [-0.4, -0.2) is 42.6 Å². The number of likely N-dealkylation sites (N-methyl/N-ethyl adjacent to an activating group) is 1. The number of nitrogens with zero attached hydrogens (tertiary/aromatic N) is 1. The second-order valence-corrected chi connectivity index (χ2v) is 3.63. The van der Waals surface area contributed by atoms with Gasteiger partial charge in [-0.3, -0.25) is 4.90 Å². The average molecular weight is 222 g/mol. The number of rotatable bonds is 4. The van der Waals surface area contributed by atoms with Crippen LogP contribution in [0, 0.1) is 0 Å². The third-order valence-electron chi connectivity index (χ3n) is 2.20. The molecule has 1 atom stereocenters. The van der Waals surface area contributed by atoms with Crippen molar-refractivity contribution in [1.82, 2.24) is 4.90 Å². The zero-order valence-corrected chi connectivity index (χ0v) is 8.64. The molecule has 2 nitrogen and oxygen atoms in total. The van der Waals surface area contributed by atoms with E-state index in [1.807, 2.05) is 0 Å². The fraction of sp³-hybridized carbons (Fsp3) is 1.00. The standard InChI is InChI=1S/C8H16BrNO/c1-2-10(5-4-9)8-3-6-11-7-8/h8H,2-7H2,1H3. The summed E-state index contributed by atoms with van der Waals surface area (Å²) in [6.07, 6.45) is 1.21. The van der Waals surface area contributed by atoms with Crippen LogP contribution in [0.2, 0.25) is 0 Å². The maximum absolute atomic E-state index is 5.33. The Labute approximate surface area is 77.0 Å². The van der Waals surface area contributed by atoms with Gasteiger partial charge in [0.1, 0.15) is 0 Å². The Morgan fingerprint density at radius 2 is 2.45 bits per heavy atom. The minimum Gasteiger partial charge on any atom is -0.380 e. The maximum atomic E-state index is 5.33. The van der Waals surface area contributed by atoms with E-state index in [9.17, 15) is 0 Å². The van der Waals surface area contributed by atoms with Crippen LogP contribution in [0.3, 0.4) is 0 Å². The molecular formula is C8H16BrNO. The van der Waals surface area contributed by atoms with Crippen LogP contribution < -0.4 is 0 Å². The molecule has 66 valence electrons. The minimum atomic E-state index is 0.678. The van der Waals surface area contributed by atoms with Crippen molar-refractivity contribution in [3.05, 3.63) is 0 Å². The normalized spacial score (nSPS) is 24.8. The van der Waals surface area contributed by atoms with Crippen molar-refractivity contribution in [2.45, 2.75) is 19.4 Å². The predicted molar refractivity (Wildman–Crippen MR) is 50.3 cm³/mol. The average Bonchev–Trinajstić information content (AvgIpc) is 2.52. The van der Waals surface area contributed by atoms with E-state index in [-0.39, 0.29) is 0 Å². The van der Waals surface area contributed by atoms with Gasteiger partial charge < -0.3 is 4.74 Å². The fourth-order valence-electron chi connectivity index (χ4n) is 1.52. The number of hydrogen-bond donors (Lipinski definition) is 0. The monoisotopic (exact) mass is 221 g/mol. The lowest BCUT2D eigenvalue weighted by molar-refractivity contribution is 0.152. The van der Waals surface area contributed by atoms with Gasteiger partial charge in [-0.2, -0.15) is 0 Å². The Morgan fingerprint density at radius 3 is 2.91 bits per heavy atom. The summed E-state index contributed by atoms with van der Waals surface area (Å²) in [6.45, 7) is 6.37. The van der Waals surface area contributed by atoms with E-state index in [2.05, 4.69) is 27.8 Å². The van der Waals surface area contributed by atoms with Crippen molar-refractivity contribution in [2.24, 2.45) is 0 Å². The molecule has 0 N–H and O–H groups in total. The summed E-state index contributed by atoms with van der Waals surface area (Å²) in [5.41, 5.74) is 0. The third-order valence-corrected chi connectivity index (χ3v) is 2.55. The summed E-state index contributed by atoms with van der Waals surface area (Å²) in [5.74, 6) is 0. The molecule has 1 saturated heterocycles. The lowest BCUT2D eigenvalue weighted by Crippen LogP contribution is -2.36. The Hall–Kier alpha value is 0.400. The highest BCUT2D eigenvalue weighted by Crippen LogP contribution is 2.11. The van der Waals surface area contributed by atoms with Crippen molar-refractivity contribution < 1.29 is 4.74 Å². The predicted octanol–water partition coefficient (Wildman–Crippen LogP) is 1.49. The number of hydrogen-bond acceptors (Lipinski definition) is 2.